The maximum atomic E-state index is 11.7. The maximum absolute atomic E-state index is 11.7. The number of carbonyl (C=O) groups excluding carboxylic acids is 1. The minimum atomic E-state index is -0.300. The van der Waals surface area contributed by atoms with Crippen LogP contribution in [-0.4, -0.2) is 5.97 Å². The highest BCUT2D eigenvalue weighted by atomic mass is 16.5. The topological polar surface area (TPSA) is 26.3 Å². The average molecular weight is 214 g/mol. The zero-order valence-corrected chi connectivity index (χ0v) is 9.22. The van der Waals surface area contributed by atoms with Gasteiger partial charge in [0.1, 0.15) is 5.76 Å². The molecule has 0 fully saturated rings. The lowest BCUT2D eigenvalue weighted by molar-refractivity contribution is 0.0634. The third-order valence-corrected chi connectivity index (χ3v) is 2.50. The van der Waals surface area contributed by atoms with Gasteiger partial charge in [0, 0.05) is 0 Å². The van der Waals surface area contributed by atoms with Crippen molar-refractivity contribution in [3.05, 3.63) is 59.9 Å². The number of rotatable bonds is 2. The van der Waals surface area contributed by atoms with E-state index in [2.05, 4.69) is 6.92 Å². The molecule has 1 aromatic carbocycles. The Morgan fingerprint density at radius 1 is 1.31 bits per heavy atom. The van der Waals surface area contributed by atoms with Crippen LogP contribution in [0.5, 0.6) is 0 Å². The summed E-state index contributed by atoms with van der Waals surface area (Å²) in [5, 5.41) is 0. The lowest BCUT2D eigenvalue weighted by atomic mass is 10.0. The average Bonchev–Trinajstić information content (AvgIpc) is 2.33. The summed E-state index contributed by atoms with van der Waals surface area (Å²) in [5.74, 6) is 0.872. The minimum Gasteiger partial charge on any atom is -0.423 e. The molecule has 1 aliphatic carbocycles. The monoisotopic (exact) mass is 214 g/mol. The van der Waals surface area contributed by atoms with Crippen molar-refractivity contribution in [1.29, 1.82) is 0 Å². The van der Waals surface area contributed by atoms with Gasteiger partial charge >= 0.3 is 5.97 Å². The summed E-state index contributed by atoms with van der Waals surface area (Å²) in [6, 6.07) is 9.02. The molecule has 0 spiro atoms. The lowest BCUT2D eigenvalue weighted by Gasteiger charge is -2.11. The van der Waals surface area contributed by atoms with E-state index in [1.54, 1.807) is 12.1 Å². The second-order valence-corrected chi connectivity index (χ2v) is 3.93. The molecule has 16 heavy (non-hydrogen) atoms. The van der Waals surface area contributed by atoms with Crippen LogP contribution in [-0.2, 0) is 4.74 Å². The van der Waals surface area contributed by atoms with Gasteiger partial charge in [-0.1, -0.05) is 31.2 Å². The van der Waals surface area contributed by atoms with Gasteiger partial charge in [-0.05, 0) is 36.6 Å². The smallest absolute Gasteiger partial charge is 0.343 e. The van der Waals surface area contributed by atoms with E-state index in [1.807, 2.05) is 36.4 Å². The molecule has 1 aromatic rings. The van der Waals surface area contributed by atoms with Gasteiger partial charge in [-0.3, -0.25) is 0 Å². The van der Waals surface area contributed by atoms with Crippen molar-refractivity contribution in [1.82, 2.24) is 0 Å². The van der Waals surface area contributed by atoms with E-state index in [0.717, 1.165) is 6.42 Å². The Kier molecular flexibility index (Phi) is 3.20. The van der Waals surface area contributed by atoms with E-state index in [4.69, 9.17) is 4.74 Å². The molecule has 82 valence electrons. The summed E-state index contributed by atoms with van der Waals surface area (Å²) in [4.78, 5) is 11.7. The van der Waals surface area contributed by atoms with Gasteiger partial charge in [-0.15, -0.1) is 0 Å². The number of esters is 1. The molecular formula is C14H14O2. The van der Waals surface area contributed by atoms with Crippen LogP contribution in [0, 0.1) is 5.92 Å². The second kappa shape index (κ2) is 4.79. The molecule has 0 amide bonds. The van der Waals surface area contributed by atoms with Gasteiger partial charge in [-0.25, -0.2) is 4.79 Å². The maximum Gasteiger partial charge on any atom is 0.343 e. The van der Waals surface area contributed by atoms with Crippen LogP contribution < -0.4 is 0 Å². The molecule has 0 saturated heterocycles. The Bertz CT molecular complexity index is 429. The standard InChI is InChI=1S/C14H14O2/c1-11-7-9-13(10-8-11)16-14(15)12-5-3-2-4-6-12/h2-7,9-11H,8H2,1H3/t11-/m1/s1. The summed E-state index contributed by atoms with van der Waals surface area (Å²) in [6.45, 7) is 2.13. The first-order valence-corrected chi connectivity index (χ1v) is 5.41. The molecule has 0 aromatic heterocycles. The van der Waals surface area contributed by atoms with Crippen molar-refractivity contribution in [2.75, 3.05) is 0 Å². The van der Waals surface area contributed by atoms with Crippen LogP contribution >= 0.6 is 0 Å². The molecule has 0 bridgehead atoms. The Balaban J connectivity index is 2.02. The normalized spacial score (nSPS) is 19.1. The van der Waals surface area contributed by atoms with E-state index in [-0.39, 0.29) is 5.97 Å². The van der Waals surface area contributed by atoms with Crippen LogP contribution in [0.3, 0.4) is 0 Å². The molecule has 0 heterocycles. The van der Waals surface area contributed by atoms with Gasteiger partial charge < -0.3 is 4.74 Å². The number of allylic oxidation sites excluding steroid dienone is 3. The zero-order chi connectivity index (χ0) is 11.4. The highest BCUT2D eigenvalue weighted by Gasteiger charge is 2.10. The highest BCUT2D eigenvalue weighted by molar-refractivity contribution is 5.90. The van der Waals surface area contributed by atoms with Gasteiger partial charge in [0.15, 0.2) is 0 Å². The van der Waals surface area contributed by atoms with E-state index in [9.17, 15) is 4.79 Å². The van der Waals surface area contributed by atoms with E-state index < -0.39 is 0 Å². The number of ether oxygens (including phenoxy) is 1. The summed E-state index contributed by atoms with van der Waals surface area (Å²) >= 11 is 0. The Morgan fingerprint density at radius 3 is 2.69 bits per heavy atom. The van der Waals surface area contributed by atoms with Crippen molar-refractivity contribution >= 4 is 5.97 Å². The van der Waals surface area contributed by atoms with E-state index in [1.165, 1.54) is 0 Å². The Morgan fingerprint density at radius 2 is 2.06 bits per heavy atom. The number of carbonyl (C=O) groups is 1. The third-order valence-electron chi connectivity index (χ3n) is 2.50. The Hall–Kier alpha value is -1.83. The van der Waals surface area contributed by atoms with Crippen molar-refractivity contribution < 1.29 is 9.53 Å². The van der Waals surface area contributed by atoms with E-state index >= 15 is 0 Å². The lowest BCUT2D eigenvalue weighted by Crippen LogP contribution is -2.06. The molecule has 1 aliphatic rings. The molecular weight excluding hydrogens is 200 g/mol. The number of hydrogen-bond acceptors (Lipinski definition) is 2. The first-order chi connectivity index (χ1) is 7.75. The van der Waals surface area contributed by atoms with Crippen molar-refractivity contribution in [3.63, 3.8) is 0 Å². The number of benzene rings is 1. The first kappa shape index (κ1) is 10.7. The predicted molar refractivity (Wildman–Crippen MR) is 62.9 cm³/mol. The van der Waals surface area contributed by atoms with Gasteiger partial charge in [0.05, 0.1) is 5.56 Å². The van der Waals surface area contributed by atoms with Crippen LogP contribution in [0.2, 0.25) is 0 Å². The van der Waals surface area contributed by atoms with Gasteiger partial charge in [0.25, 0.3) is 0 Å². The first-order valence-electron chi connectivity index (χ1n) is 5.41. The van der Waals surface area contributed by atoms with Gasteiger partial charge in [-0.2, -0.15) is 0 Å². The summed E-state index contributed by atoms with van der Waals surface area (Å²) in [6.07, 6.45) is 6.78. The molecule has 1 atom stereocenters. The molecule has 2 heteroatoms. The number of hydrogen-bond donors (Lipinski definition) is 0. The summed E-state index contributed by atoms with van der Waals surface area (Å²) < 4.78 is 5.26. The molecule has 0 aliphatic heterocycles. The SMILES string of the molecule is C[C@@H]1C=CC(OC(=O)c2ccccc2)=CC1. The van der Waals surface area contributed by atoms with E-state index in [0.29, 0.717) is 17.2 Å². The zero-order valence-electron chi connectivity index (χ0n) is 9.22. The summed E-state index contributed by atoms with van der Waals surface area (Å²) in [5.41, 5.74) is 0.579. The molecule has 2 rings (SSSR count). The largest absolute Gasteiger partial charge is 0.423 e. The molecule has 0 N–H and O–H groups in total. The van der Waals surface area contributed by atoms with Crippen LogP contribution in [0.15, 0.2) is 54.3 Å². The fourth-order valence-electron chi connectivity index (χ4n) is 1.52. The van der Waals surface area contributed by atoms with Crippen molar-refractivity contribution in [3.8, 4) is 0 Å². The highest BCUT2D eigenvalue weighted by Crippen LogP contribution is 2.17. The predicted octanol–water partition coefficient (Wildman–Crippen LogP) is 3.32. The fourth-order valence-corrected chi connectivity index (χ4v) is 1.52. The van der Waals surface area contributed by atoms with Crippen LogP contribution in [0.25, 0.3) is 0 Å². The minimum absolute atomic E-state index is 0.300. The van der Waals surface area contributed by atoms with Crippen molar-refractivity contribution in [2.24, 2.45) is 5.92 Å². The molecule has 0 saturated carbocycles. The van der Waals surface area contributed by atoms with Crippen LogP contribution in [0.1, 0.15) is 23.7 Å². The van der Waals surface area contributed by atoms with Crippen molar-refractivity contribution in [2.45, 2.75) is 13.3 Å². The third kappa shape index (κ3) is 2.60. The van der Waals surface area contributed by atoms with Crippen LogP contribution in [0.4, 0.5) is 0 Å². The molecule has 0 radical (unpaired) electrons. The second-order valence-electron chi connectivity index (χ2n) is 3.93. The quantitative estimate of drug-likeness (QED) is 0.706. The van der Waals surface area contributed by atoms with Gasteiger partial charge in [0.2, 0.25) is 0 Å². The molecule has 2 nitrogen and oxygen atoms in total. The molecule has 0 unspecified atom stereocenters. The fraction of sp³-hybridized carbons (Fsp3) is 0.214. The summed E-state index contributed by atoms with van der Waals surface area (Å²) in [7, 11) is 0. The Labute approximate surface area is 95.2 Å².